The number of aryl methyl sites for hydroxylation is 1. The maximum Gasteiger partial charge on any atom is 0.360 e. The fourth-order valence-electron chi connectivity index (χ4n) is 4.17. The van der Waals surface area contributed by atoms with Gasteiger partial charge < -0.3 is 29.7 Å². The Labute approximate surface area is 218 Å². The third kappa shape index (κ3) is 6.26. The Hall–Kier alpha value is -3.62. The van der Waals surface area contributed by atoms with Crippen LogP contribution < -0.4 is 10.5 Å². The SMILES string of the molecule is COBNCCCc1[nH]c(-c2nn(C3CCCCO3)cc2NC(=O)c2c(F)cccc2F)nc1C(=O)OC. The van der Waals surface area contributed by atoms with Gasteiger partial charge in [-0.1, -0.05) is 6.07 Å². The molecule has 1 unspecified atom stereocenters. The lowest BCUT2D eigenvalue weighted by molar-refractivity contribution is -0.0393. The zero-order valence-corrected chi connectivity index (χ0v) is 21.2. The van der Waals surface area contributed by atoms with Crippen LogP contribution in [0.4, 0.5) is 14.5 Å². The summed E-state index contributed by atoms with van der Waals surface area (Å²) in [4.78, 5) is 32.9. The molecule has 1 fully saturated rings. The molecule has 3 heterocycles. The number of ether oxygens (including phenoxy) is 2. The van der Waals surface area contributed by atoms with Crippen molar-refractivity contribution in [3.05, 3.63) is 53.0 Å². The summed E-state index contributed by atoms with van der Waals surface area (Å²) >= 11 is 0. The van der Waals surface area contributed by atoms with Crippen LogP contribution in [0.25, 0.3) is 11.5 Å². The van der Waals surface area contributed by atoms with Crippen LogP contribution >= 0.6 is 0 Å². The molecule has 0 spiro atoms. The number of nitrogens with one attached hydrogen (secondary N) is 3. The summed E-state index contributed by atoms with van der Waals surface area (Å²) in [6.07, 6.45) is 4.80. The van der Waals surface area contributed by atoms with Crippen LogP contribution in [0.1, 0.15) is 58.5 Å². The molecule has 1 aromatic carbocycles. The van der Waals surface area contributed by atoms with Crippen LogP contribution in [0.2, 0.25) is 0 Å². The number of imidazole rings is 1. The van der Waals surface area contributed by atoms with Gasteiger partial charge in [-0.15, -0.1) is 0 Å². The number of carbonyl (C=O) groups excluding carboxylic acids is 2. The molecule has 1 amide bonds. The number of amides is 1. The van der Waals surface area contributed by atoms with Crippen molar-refractivity contribution in [3.63, 3.8) is 0 Å². The van der Waals surface area contributed by atoms with Gasteiger partial charge in [-0.2, -0.15) is 5.10 Å². The van der Waals surface area contributed by atoms with E-state index in [0.29, 0.717) is 45.7 Å². The Morgan fingerprint density at radius 1 is 1.26 bits per heavy atom. The zero-order chi connectivity index (χ0) is 27.1. The lowest BCUT2D eigenvalue weighted by atomic mass is 10.1. The molecule has 0 bridgehead atoms. The van der Waals surface area contributed by atoms with Gasteiger partial charge in [0.05, 0.1) is 24.7 Å². The van der Waals surface area contributed by atoms with Crippen LogP contribution in [0.15, 0.2) is 24.4 Å². The number of H-pyrrole nitrogens is 1. The van der Waals surface area contributed by atoms with Crippen molar-refractivity contribution in [3.8, 4) is 11.5 Å². The molecule has 38 heavy (non-hydrogen) atoms. The van der Waals surface area contributed by atoms with Crippen LogP contribution in [0, 0.1) is 11.6 Å². The molecule has 4 rings (SSSR count). The predicted octanol–water partition coefficient (Wildman–Crippen LogP) is 2.72. The number of halogens is 2. The molecule has 1 saturated heterocycles. The van der Waals surface area contributed by atoms with Gasteiger partial charge in [0.25, 0.3) is 5.91 Å². The van der Waals surface area contributed by atoms with Crippen molar-refractivity contribution in [2.24, 2.45) is 0 Å². The van der Waals surface area contributed by atoms with Crippen LogP contribution in [0.3, 0.4) is 0 Å². The molecule has 3 N–H and O–H groups in total. The quantitative estimate of drug-likeness (QED) is 0.196. The van der Waals surface area contributed by atoms with Crippen molar-refractivity contribution in [1.29, 1.82) is 0 Å². The van der Waals surface area contributed by atoms with E-state index >= 15 is 0 Å². The first-order valence-electron chi connectivity index (χ1n) is 12.3. The molecule has 1 aliphatic heterocycles. The summed E-state index contributed by atoms with van der Waals surface area (Å²) in [5, 5.41) is 10.2. The summed E-state index contributed by atoms with van der Waals surface area (Å²) in [5.41, 5.74) is 0.199. The summed E-state index contributed by atoms with van der Waals surface area (Å²) in [7, 11) is 3.23. The number of esters is 1. The van der Waals surface area contributed by atoms with E-state index in [1.165, 1.54) is 24.1 Å². The highest BCUT2D eigenvalue weighted by atomic mass is 19.1. The second-order valence-corrected chi connectivity index (χ2v) is 8.68. The van der Waals surface area contributed by atoms with Gasteiger partial charge in [-0.05, 0) is 50.8 Å². The van der Waals surface area contributed by atoms with E-state index in [0.717, 1.165) is 25.0 Å². The van der Waals surface area contributed by atoms with Gasteiger partial charge in [0.15, 0.2) is 17.2 Å². The highest BCUT2D eigenvalue weighted by molar-refractivity contribution is 6.23. The molecule has 202 valence electrons. The second kappa shape index (κ2) is 12.8. The summed E-state index contributed by atoms with van der Waals surface area (Å²) < 4.78 is 45.8. The highest BCUT2D eigenvalue weighted by Crippen LogP contribution is 2.31. The maximum atomic E-state index is 14.3. The van der Waals surface area contributed by atoms with Crippen LogP contribution in [-0.2, 0) is 20.5 Å². The fraction of sp³-hybridized carbons (Fsp3) is 0.417. The molecular weight excluding hydrogens is 501 g/mol. The molecule has 2 aromatic heterocycles. The number of methoxy groups -OCH3 is 1. The first kappa shape index (κ1) is 27.4. The van der Waals surface area contributed by atoms with E-state index < -0.39 is 29.1 Å². The Balaban J connectivity index is 1.69. The van der Waals surface area contributed by atoms with Gasteiger partial charge in [0.2, 0.25) is 0 Å². The van der Waals surface area contributed by atoms with Crippen molar-refractivity contribution >= 4 is 25.2 Å². The van der Waals surface area contributed by atoms with Crippen molar-refractivity contribution in [1.82, 2.24) is 25.0 Å². The minimum atomic E-state index is -0.998. The molecule has 1 aliphatic rings. The van der Waals surface area contributed by atoms with Crippen molar-refractivity contribution < 1.29 is 32.5 Å². The monoisotopic (exact) mass is 530 g/mol. The second-order valence-electron chi connectivity index (χ2n) is 8.68. The van der Waals surface area contributed by atoms with E-state index in [2.05, 4.69) is 25.6 Å². The molecule has 1 atom stereocenters. The van der Waals surface area contributed by atoms with Gasteiger partial charge >= 0.3 is 13.6 Å². The lowest BCUT2D eigenvalue weighted by Gasteiger charge is -2.22. The first-order chi connectivity index (χ1) is 18.4. The molecular formula is C24H29BF2N6O5. The third-order valence-corrected chi connectivity index (χ3v) is 6.03. The average Bonchev–Trinajstić information content (AvgIpc) is 3.53. The van der Waals surface area contributed by atoms with Crippen molar-refractivity contribution in [2.75, 3.05) is 32.7 Å². The number of aromatic nitrogens is 4. The maximum absolute atomic E-state index is 14.3. The number of anilines is 1. The fourth-order valence-corrected chi connectivity index (χ4v) is 4.17. The van der Waals surface area contributed by atoms with Crippen LogP contribution in [-0.4, -0.2) is 66.6 Å². The number of rotatable bonds is 11. The molecule has 11 nitrogen and oxygen atoms in total. The number of carbonyl (C=O) groups is 2. The van der Waals surface area contributed by atoms with E-state index in [1.807, 2.05) is 0 Å². The summed E-state index contributed by atoms with van der Waals surface area (Å²) in [6.45, 7) is 1.18. The van der Waals surface area contributed by atoms with Gasteiger partial charge in [0.1, 0.15) is 23.4 Å². The summed E-state index contributed by atoms with van der Waals surface area (Å²) in [5.74, 6) is -3.44. The zero-order valence-electron chi connectivity index (χ0n) is 21.2. The average molecular weight is 530 g/mol. The Bertz CT molecular complexity index is 1260. The number of hydrogen-bond acceptors (Lipinski definition) is 8. The number of nitrogens with zero attached hydrogens (tertiary/aromatic N) is 3. The van der Waals surface area contributed by atoms with Crippen LogP contribution in [0.5, 0.6) is 0 Å². The van der Waals surface area contributed by atoms with Gasteiger partial charge in [0, 0.05) is 13.7 Å². The normalized spacial score (nSPS) is 15.3. The third-order valence-electron chi connectivity index (χ3n) is 6.03. The highest BCUT2D eigenvalue weighted by Gasteiger charge is 2.27. The topological polar surface area (TPSA) is 132 Å². The smallest absolute Gasteiger partial charge is 0.360 e. The van der Waals surface area contributed by atoms with E-state index in [-0.39, 0.29) is 29.1 Å². The van der Waals surface area contributed by atoms with Gasteiger partial charge in [-0.3, -0.25) is 4.79 Å². The Morgan fingerprint density at radius 2 is 2.05 bits per heavy atom. The molecule has 0 saturated carbocycles. The van der Waals surface area contributed by atoms with E-state index in [4.69, 9.17) is 14.1 Å². The molecule has 3 aromatic rings. The standard InChI is InChI=1S/C24H29BF2N6O5/c1-36-24(35)21-16(9-6-11-28-25-37-2)29-22(31-21)20-17(13-33(32-20)18-10-3-4-12-38-18)30-23(34)19-14(26)7-5-8-15(19)27/h5,7-8,13,18,25,28H,3-4,6,9-12H2,1-2H3,(H,29,31)(H,30,34). The molecule has 0 radical (unpaired) electrons. The lowest BCUT2D eigenvalue weighted by Crippen LogP contribution is -2.22. The van der Waals surface area contributed by atoms with Gasteiger partial charge in [-0.25, -0.2) is 23.2 Å². The Morgan fingerprint density at radius 3 is 2.74 bits per heavy atom. The summed E-state index contributed by atoms with van der Waals surface area (Å²) in [6, 6.07) is 3.18. The molecule has 14 heteroatoms. The number of aromatic amines is 1. The first-order valence-corrected chi connectivity index (χ1v) is 12.3. The molecule has 0 aliphatic carbocycles. The minimum Gasteiger partial charge on any atom is -0.464 e. The van der Waals surface area contributed by atoms with Crippen molar-refractivity contribution in [2.45, 2.75) is 38.3 Å². The van der Waals surface area contributed by atoms with E-state index in [9.17, 15) is 18.4 Å². The number of benzene rings is 1. The largest absolute Gasteiger partial charge is 0.464 e. The predicted molar refractivity (Wildman–Crippen MR) is 135 cm³/mol. The number of hydrogen-bond donors (Lipinski definition) is 3. The van der Waals surface area contributed by atoms with E-state index in [1.54, 1.807) is 7.11 Å². The Kier molecular flexibility index (Phi) is 9.21. The minimum absolute atomic E-state index is 0.0788.